The summed E-state index contributed by atoms with van der Waals surface area (Å²) in [5, 5.41) is 15.2. The van der Waals surface area contributed by atoms with Crippen LogP contribution in [0.15, 0.2) is 78.9 Å². The van der Waals surface area contributed by atoms with Gasteiger partial charge < -0.3 is 15.7 Å². The lowest BCUT2D eigenvalue weighted by Crippen LogP contribution is -2.52. The van der Waals surface area contributed by atoms with Crippen molar-refractivity contribution in [3.05, 3.63) is 107 Å². The van der Waals surface area contributed by atoms with E-state index in [0.717, 1.165) is 5.56 Å². The van der Waals surface area contributed by atoms with Crippen LogP contribution in [0.1, 0.15) is 21.5 Å². The van der Waals surface area contributed by atoms with Crippen LogP contribution in [0.4, 0.5) is 8.78 Å². The second-order valence-corrected chi connectivity index (χ2v) is 7.44. The lowest BCUT2D eigenvalue weighted by atomic mass is 10.0. The van der Waals surface area contributed by atoms with Gasteiger partial charge >= 0.3 is 0 Å². The Morgan fingerprint density at radius 1 is 0.750 bits per heavy atom. The van der Waals surface area contributed by atoms with E-state index in [4.69, 9.17) is 0 Å². The van der Waals surface area contributed by atoms with E-state index >= 15 is 0 Å². The molecule has 0 saturated carbocycles. The van der Waals surface area contributed by atoms with E-state index in [2.05, 4.69) is 10.6 Å². The van der Waals surface area contributed by atoms with E-state index in [9.17, 15) is 23.5 Å². The van der Waals surface area contributed by atoms with Gasteiger partial charge in [-0.1, -0.05) is 42.5 Å². The maximum absolute atomic E-state index is 13.3. The smallest absolute Gasteiger partial charge is 0.251 e. The summed E-state index contributed by atoms with van der Waals surface area (Å²) in [6, 6.07) is 18.3. The molecule has 0 aliphatic heterocycles. The number of aliphatic hydroxyl groups is 1. The van der Waals surface area contributed by atoms with Crippen molar-refractivity contribution in [2.45, 2.75) is 24.9 Å². The first kappa shape index (κ1) is 23.1. The van der Waals surface area contributed by atoms with Gasteiger partial charge in [0.25, 0.3) is 5.91 Å². The SMILES string of the molecule is O=C(N[C@@H](Cc1ccc(F)cc1)C(=O)N[C@H](CO)Cc1ccc(F)cc1)c1ccccc1. The number of carbonyl (C=O) groups is 2. The standard InChI is InChI=1S/C25H24F2N2O3/c26-20-10-6-17(7-11-20)14-22(16-30)28-25(32)23(15-18-8-12-21(27)13-9-18)29-24(31)19-4-2-1-3-5-19/h1-13,22-23,30H,14-16H2,(H,28,32)(H,29,31)/t22-,23-/m0/s1. The van der Waals surface area contributed by atoms with Crippen LogP contribution in [-0.4, -0.2) is 35.6 Å². The average Bonchev–Trinajstić information content (AvgIpc) is 2.81. The number of nitrogens with one attached hydrogen (secondary N) is 2. The van der Waals surface area contributed by atoms with Gasteiger partial charge in [-0.05, 0) is 53.9 Å². The summed E-state index contributed by atoms with van der Waals surface area (Å²) in [5.41, 5.74) is 1.81. The number of benzene rings is 3. The van der Waals surface area contributed by atoms with Crippen molar-refractivity contribution in [1.82, 2.24) is 10.6 Å². The van der Waals surface area contributed by atoms with Crippen molar-refractivity contribution in [2.75, 3.05) is 6.61 Å². The zero-order chi connectivity index (χ0) is 22.9. The highest BCUT2D eigenvalue weighted by Crippen LogP contribution is 2.10. The van der Waals surface area contributed by atoms with Gasteiger partial charge in [-0.25, -0.2) is 8.78 Å². The third kappa shape index (κ3) is 6.72. The summed E-state index contributed by atoms with van der Waals surface area (Å²) in [6.07, 6.45) is 0.428. The normalized spacial score (nSPS) is 12.6. The Labute approximate surface area is 185 Å². The molecule has 0 saturated heterocycles. The van der Waals surface area contributed by atoms with Crippen LogP contribution in [0.25, 0.3) is 0 Å². The maximum Gasteiger partial charge on any atom is 0.251 e. The first-order chi connectivity index (χ1) is 15.4. The van der Waals surface area contributed by atoms with Gasteiger partial charge in [0.15, 0.2) is 0 Å². The van der Waals surface area contributed by atoms with Gasteiger partial charge in [-0.3, -0.25) is 9.59 Å². The molecule has 0 aliphatic carbocycles. The number of hydrogen-bond acceptors (Lipinski definition) is 3. The summed E-state index contributed by atoms with van der Waals surface area (Å²) in [7, 11) is 0. The molecule has 0 heterocycles. The van der Waals surface area contributed by atoms with Crippen LogP contribution in [0.2, 0.25) is 0 Å². The Morgan fingerprint density at radius 3 is 1.81 bits per heavy atom. The lowest BCUT2D eigenvalue weighted by molar-refractivity contribution is -0.124. The molecule has 3 aromatic rings. The molecule has 166 valence electrons. The molecule has 5 nitrogen and oxygen atoms in total. The molecule has 0 radical (unpaired) electrons. The fourth-order valence-corrected chi connectivity index (χ4v) is 3.26. The van der Waals surface area contributed by atoms with Gasteiger partial charge in [0, 0.05) is 12.0 Å². The minimum absolute atomic E-state index is 0.138. The van der Waals surface area contributed by atoms with Crippen molar-refractivity contribution in [1.29, 1.82) is 0 Å². The fraction of sp³-hybridized carbons (Fsp3) is 0.200. The molecule has 7 heteroatoms. The zero-order valence-electron chi connectivity index (χ0n) is 17.3. The average molecular weight is 438 g/mol. The maximum atomic E-state index is 13.3. The summed E-state index contributed by atoms with van der Waals surface area (Å²) in [5.74, 6) is -1.68. The first-order valence-electron chi connectivity index (χ1n) is 10.2. The number of amides is 2. The van der Waals surface area contributed by atoms with Gasteiger partial charge in [-0.15, -0.1) is 0 Å². The number of rotatable bonds is 9. The van der Waals surface area contributed by atoms with Crippen LogP contribution in [-0.2, 0) is 17.6 Å². The molecule has 0 aliphatic rings. The Balaban J connectivity index is 1.73. The van der Waals surface area contributed by atoms with Gasteiger partial charge in [0.05, 0.1) is 12.6 Å². The minimum atomic E-state index is -0.949. The van der Waals surface area contributed by atoms with Gasteiger partial charge in [0.2, 0.25) is 5.91 Å². The van der Waals surface area contributed by atoms with Crippen LogP contribution < -0.4 is 10.6 Å². The van der Waals surface area contributed by atoms with E-state index in [1.807, 2.05) is 0 Å². The number of halogens is 2. The van der Waals surface area contributed by atoms with Crippen LogP contribution in [0, 0.1) is 11.6 Å². The van der Waals surface area contributed by atoms with E-state index in [1.54, 1.807) is 54.6 Å². The lowest BCUT2D eigenvalue weighted by Gasteiger charge is -2.23. The highest BCUT2D eigenvalue weighted by Gasteiger charge is 2.24. The molecule has 3 N–H and O–H groups in total. The molecular weight excluding hydrogens is 414 g/mol. The number of hydrogen-bond donors (Lipinski definition) is 3. The largest absolute Gasteiger partial charge is 0.394 e. The van der Waals surface area contributed by atoms with Crippen molar-refractivity contribution in [2.24, 2.45) is 0 Å². The van der Waals surface area contributed by atoms with Crippen molar-refractivity contribution < 1.29 is 23.5 Å². The Kier molecular flexibility index (Phi) is 8.05. The van der Waals surface area contributed by atoms with Gasteiger partial charge in [0.1, 0.15) is 17.7 Å². The second-order valence-electron chi connectivity index (χ2n) is 7.44. The van der Waals surface area contributed by atoms with Crippen molar-refractivity contribution >= 4 is 11.8 Å². The Hall–Kier alpha value is -3.58. The minimum Gasteiger partial charge on any atom is -0.394 e. The molecule has 0 fully saturated rings. The molecule has 2 amide bonds. The predicted octanol–water partition coefficient (Wildman–Crippen LogP) is 3.03. The quantitative estimate of drug-likeness (QED) is 0.481. The summed E-state index contributed by atoms with van der Waals surface area (Å²) in [6.45, 7) is -0.334. The number of aliphatic hydroxyl groups excluding tert-OH is 1. The summed E-state index contributed by atoms with van der Waals surface area (Å²) >= 11 is 0. The molecule has 0 aromatic heterocycles. The van der Waals surface area contributed by atoms with Crippen LogP contribution >= 0.6 is 0 Å². The predicted molar refractivity (Wildman–Crippen MR) is 117 cm³/mol. The van der Waals surface area contributed by atoms with Crippen LogP contribution in [0.5, 0.6) is 0 Å². The second kappa shape index (κ2) is 11.2. The third-order valence-corrected chi connectivity index (χ3v) is 4.97. The first-order valence-corrected chi connectivity index (χ1v) is 10.2. The summed E-state index contributed by atoms with van der Waals surface area (Å²) in [4.78, 5) is 25.7. The zero-order valence-corrected chi connectivity index (χ0v) is 17.3. The van der Waals surface area contributed by atoms with Gasteiger partial charge in [-0.2, -0.15) is 0 Å². The third-order valence-electron chi connectivity index (χ3n) is 4.97. The van der Waals surface area contributed by atoms with E-state index in [-0.39, 0.29) is 18.8 Å². The fourth-order valence-electron chi connectivity index (χ4n) is 3.26. The Bertz CT molecular complexity index is 1030. The molecule has 0 spiro atoms. The molecule has 0 bridgehead atoms. The van der Waals surface area contributed by atoms with Crippen molar-refractivity contribution in [3.8, 4) is 0 Å². The molecule has 32 heavy (non-hydrogen) atoms. The molecule has 3 rings (SSSR count). The Morgan fingerprint density at radius 2 is 1.28 bits per heavy atom. The van der Waals surface area contributed by atoms with Crippen LogP contribution in [0.3, 0.4) is 0 Å². The van der Waals surface area contributed by atoms with Crippen molar-refractivity contribution in [3.63, 3.8) is 0 Å². The van der Waals surface area contributed by atoms with E-state index in [1.165, 1.54) is 24.3 Å². The molecule has 3 aromatic carbocycles. The topological polar surface area (TPSA) is 78.4 Å². The van der Waals surface area contributed by atoms with E-state index < -0.39 is 29.7 Å². The summed E-state index contributed by atoms with van der Waals surface area (Å²) < 4.78 is 26.4. The highest BCUT2D eigenvalue weighted by atomic mass is 19.1. The molecule has 0 unspecified atom stereocenters. The monoisotopic (exact) mass is 438 g/mol. The molecule has 2 atom stereocenters. The molecular formula is C25H24F2N2O3. The van der Waals surface area contributed by atoms with E-state index in [0.29, 0.717) is 17.5 Å². The highest BCUT2D eigenvalue weighted by molar-refractivity contribution is 5.97. The number of carbonyl (C=O) groups excluding carboxylic acids is 2.